The Balaban J connectivity index is 2.13. The lowest BCUT2D eigenvalue weighted by molar-refractivity contribution is -0.147. The molecule has 0 saturated carbocycles. The highest BCUT2D eigenvalue weighted by Gasteiger charge is 2.09. The van der Waals surface area contributed by atoms with Crippen molar-refractivity contribution in [2.24, 2.45) is 0 Å². The van der Waals surface area contributed by atoms with Gasteiger partial charge in [0.05, 0.1) is 0 Å². The Hall–Kier alpha value is -2.03. The number of carbonyl (C=O) groups is 1. The first kappa shape index (κ1) is 13.4. The molecule has 0 radical (unpaired) electrons. The van der Waals surface area contributed by atoms with E-state index in [0.717, 1.165) is 16.3 Å². The van der Waals surface area contributed by atoms with Gasteiger partial charge in [-0.15, -0.1) is 0 Å². The molecule has 0 saturated heterocycles. The third-order valence-corrected chi connectivity index (χ3v) is 3.03. The van der Waals surface area contributed by atoms with Gasteiger partial charge >= 0.3 is 5.97 Å². The van der Waals surface area contributed by atoms with E-state index >= 15 is 0 Å². The summed E-state index contributed by atoms with van der Waals surface area (Å²) in [6.07, 6.45) is 0.978. The summed E-state index contributed by atoms with van der Waals surface area (Å²) in [6.45, 7) is 3.69. The smallest absolute Gasteiger partial charge is 0.305 e. The van der Waals surface area contributed by atoms with Crippen molar-refractivity contribution in [3.8, 4) is 5.75 Å². The minimum atomic E-state index is -0.168. The fourth-order valence-corrected chi connectivity index (χ4v) is 2.09. The molecule has 0 aromatic heterocycles. The monoisotopic (exact) mass is 258 g/mol. The lowest BCUT2D eigenvalue weighted by Gasteiger charge is -2.13. The number of phenols is 1. The summed E-state index contributed by atoms with van der Waals surface area (Å²) in [7, 11) is 0. The number of fused-ring (bicyclic) bond motifs is 1. The Morgan fingerprint density at radius 3 is 2.63 bits per heavy atom. The molecule has 0 aliphatic rings. The summed E-state index contributed by atoms with van der Waals surface area (Å²) < 4.78 is 5.26. The summed E-state index contributed by atoms with van der Waals surface area (Å²) in [5.41, 5.74) is 1.12. The molecule has 0 aliphatic heterocycles. The maximum absolute atomic E-state index is 11.2. The number of esters is 1. The van der Waals surface area contributed by atoms with Crippen LogP contribution in [0.4, 0.5) is 0 Å². The largest absolute Gasteiger partial charge is 0.508 e. The summed E-state index contributed by atoms with van der Waals surface area (Å²) in [5.74, 6) is 0.101. The number of carbonyl (C=O) groups excluding carboxylic acids is 1. The van der Waals surface area contributed by atoms with E-state index in [0.29, 0.717) is 12.8 Å². The van der Waals surface area contributed by atoms with Crippen LogP contribution in [0.2, 0.25) is 0 Å². The average Bonchev–Trinajstić information content (AvgIpc) is 2.38. The van der Waals surface area contributed by atoms with Gasteiger partial charge in [-0.2, -0.15) is 0 Å². The van der Waals surface area contributed by atoms with Gasteiger partial charge in [0.15, 0.2) is 0 Å². The molecule has 3 heteroatoms. The lowest BCUT2D eigenvalue weighted by Crippen LogP contribution is -2.16. The van der Waals surface area contributed by atoms with Crippen LogP contribution in [0.5, 0.6) is 5.75 Å². The van der Waals surface area contributed by atoms with E-state index < -0.39 is 0 Å². The number of benzene rings is 2. The molecular weight excluding hydrogens is 240 g/mol. The van der Waals surface area contributed by atoms with Gasteiger partial charge in [-0.05, 0) is 35.4 Å². The second kappa shape index (κ2) is 5.74. The normalized spacial score (nSPS) is 12.3. The van der Waals surface area contributed by atoms with Gasteiger partial charge in [0.25, 0.3) is 0 Å². The van der Waals surface area contributed by atoms with Crippen LogP contribution in [-0.4, -0.2) is 17.2 Å². The SMILES string of the molecule is CCC(=O)OC(C)Cc1ccc2cc(O)ccc2c1. The van der Waals surface area contributed by atoms with Crippen molar-refractivity contribution in [2.45, 2.75) is 32.8 Å². The van der Waals surface area contributed by atoms with Gasteiger partial charge in [-0.25, -0.2) is 0 Å². The molecule has 2 aromatic rings. The van der Waals surface area contributed by atoms with Gasteiger partial charge in [0.2, 0.25) is 0 Å². The summed E-state index contributed by atoms with van der Waals surface area (Å²) in [6, 6.07) is 11.3. The molecule has 19 heavy (non-hydrogen) atoms. The molecule has 0 aliphatic carbocycles. The zero-order valence-corrected chi connectivity index (χ0v) is 11.2. The summed E-state index contributed by atoms with van der Waals surface area (Å²) in [4.78, 5) is 11.2. The van der Waals surface area contributed by atoms with Crippen LogP contribution in [0.25, 0.3) is 10.8 Å². The molecule has 1 unspecified atom stereocenters. The van der Waals surface area contributed by atoms with E-state index in [1.54, 1.807) is 19.1 Å². The molecule has 0 spiro atoms. The van der Waals surface area contributed by atoms with E-state index in [2.05, 4.69) is 6.07 Å². The number of hydrogen-bond donors (Lipinski definition) is 1. The third kappa shape index (κ3) is 3.47. The standard InChI is InChI=1S/C16H18O3/c1-3-16(18)19-11(2)8-12-4-5-14-10-15(17)7-6-13(14)9-12/h4-7,9-11,17H,3,8H2,1-2H3. The van der Waals surface area contributed by atoms with Gasteiger partial charge in [0, 0.05) is 12.8 Å². The van der Waals surface area contributed by atoms with Crippen LogP contribution in [0.1, 0.15) is 25.8 Å². The Bertz CT molecular complexity index is 590. The number of phenolic OH excluding ortho intramolecular Hbond substituents is 1. The first-order valence-corrected chi connectivity index (χ1v) is 6.49. The minimum absolute atomic E-state index is 0.123. The fraction of sp³-hybridized carbons (Fsp3) is 0.312. The minimum Gasteiger partial charge on any atom is -0.508 e. The molecule has 3 nitrogen and oxygen atoms in total. The second-order valence-electron chi connectivity index (χ2n) is 4.72. The molecule has 1 atom stereocenters. The maximum atomic E-state index is 11.2. The summed E-state index contributed by atoms with van der Waals surface area (Å²) >= 11 is 0. The lowest BCUT2D eigenvalue weighted by atomic mass is 10.0. The predicted octanol–water partition coefficient (Wildman–Crippen LogP) is 3.43. The van der Waals surface area contributed by atoms with Gasteiger partial charge in [-0.3, -0.25) is 4.79 Å². The molecule has 0 bridgehead atoms. The van der Waals surface area contributed by atoms with Crippen LogP contribution >= 0.6 is 0 Å². The molecule has 0 amide bonds. The van der Waals surface area contributed by atoms with Gasteiger partial charge in [0.1, 0.15) is 11.9 Å². The van der Waals surface area contributed by atoms with E-state index in [1.807, 2.05) is 25.1 Å². The fourth-order valence-electron chi connectivity index (χ4n) is 2.09. The average molecular weight is 258 g/mol. The number of hydrogen-bond acceptors (Lipinski definition) is 3. The highest BCUT2D eigenvalue weighted by Crippen LogP contribution is 2.21. The van der Waals surface area contributed by atoms with E-state index in [1.165, 1.54) is 0 Å². The van der Waals surface area contributed by atoms with Crippen molar-refractivity contribution in [3.63, 3.8) is 0 Å². The molecule has 2 rings (SSSR count). The third-order valence-electron chi connectivity index (χ3n) is 3.03. The van der Waals surface area contributed by atoms with Crippen LogP contribution in [-0.2, 0) is 16.0 Å². The number of ether oxygens (including phenoxy) is 1. The molecule has 1 N–H and O–H groups in total. The molecule has 0 fully saturated rings. The van der Waals surface area contributed by atoms with Crippen molar-refractivity contribution in [2.75, 3.05) is 0 Å². The summed E-state index contributed by atoms with van der Waals surface area (Å²) in [5, 5.41) is 11.5. The van der Waals surface area contributed by atoms with Crippen LogP contribution in [0, 0.1) is 0 Å². The Kier molecular flexibility index (Phi) is 4.05. The molecule has 0 heterocycles. The first-order chi connectivity index (χ1) is 9.08. The predicted molar refractivity (Wildman–Crippen MR) is 75.2 cm³/mol. The van der Waals surface area contributed by atoms with Crippen LogP contribution in [0.3, 0.4) is 0 Å². The van der Waals surface area contributed by atoms with E-state index in [-0.39, 0.29) is 17.8 Å². The molecule has 100 valence electrons. The zero-order chi connectivity index (χ0) is 13.8. The van der Waals surface area contributed by atoms with Crippen molar-refractivity contribution in [3.05, 3.63) is 42.0 Å². The molecule has 2 aromatic carbocycles. The van der Waals surface area contributed by atoms with Crippen LogP contribution in [0.15, 0.2) is 36.4 Å². The Morgan fingerprint density at radius 2 is 1.89 bits per heavy atom. The second-order valence-corrected chi connectivity index (χ2v) is 4.72. The van der Waals surface area contributed by atoms with Crippen molar-refractivity contribution >= 4 is 16.7 Å². The highest BCUT2D eigenvalue weighted by atomic mass is 16.5. The van der Waals surface area contributed by atoms with Crippen molar-refractivity contribution < 1.29 is 14.6 Å². The number of aromatic hydroxyl groups is 1. The van der Waals surface area contributed by atoms with Crippen molar-refractivity contribution in [1.29, 1.82) is 0 Å². The number of rotatable bonds is 4. The van der Waals surface area contributed by atoms with Crippen molar-refractivity contribution in [1.82, 2.24) is 0 Å². The van der Waals surface area contributed by atoms with Gasteiger partial charge < -0.3 is 9.84 Å². The Morgan fingerprint density at radius 1 is 1.21 bits per heavy atom. The van der Waals surface area contributed by atoms with Gasteiger partial charge in [-0.1, -0.05) is 31.2 Å². The zero-order valence-electron chi connectivity index (χ0n) is 11.2. The van der Waals surface area contributed by atoms with Crippen LogP contribution < -0.4 is 0 Å². The van der Waals surface area contributed by atoms with E-state index in [4.69, 9.17) is 4.74 Å². The maximum Gasteiger partial charge on any atom is 0.305 e. The highest BCUT2D eigenvalue weighted by molar-refractivity contribution is 5.84. The Labute approximate surface area is 112 Å². The van der Waals surface area contributed by atoms with E-state index in [9.17, 15) is 9.90 Å². The topological polar surface area (TPSA) is 46.5 Å². The molecular formula is C16H18O3. The first-order valence-electron chi connectivity index (χ1n) is 6.49. The quantitative estimate of drug-likeness (QED) is 0.855.